The maximum atomic E-state index is 4.22. The molecular formula is C22H22. The van der Waals surface area contributed by atoms with E-state index in [1.165, 1.54) is 33.4 Å². The molecule has 0 N–H and O–H groups in total. The maximum Gasteiger partial charge on any atom is -0.00288 e. The Morgan fingerprint density at radius 2 is 1.41 bits per heavy atom. The average Bonchev–Trinajstić information content (AvgIpc) is 2.56. The number of benzene rings is 2. The fraction of sp³-hybridized carbons (Fsp3) is 0.182. The highest BCUT2D eigenvalue weighted by Gasteiger charge is 2.11. The Morgan fingerprint density at radius 3 is 2.14 bits per heavy atom. The van der Waals surface area contributed by atoms with Crippen LogP contribution in [0.2, 0.25) is 0 Å². The van der Waals surface area contributed by atoms with E-state index < -0.39 is 0 Å². The van der Waals surface area contributed by atoms with Crippen molar-refractivity contribution in [3.63, 3.8) is 0 Å². The highest BCUT2D eigenvalue weighted by molar-refractivity contribution is 5.79. The van der Waals surface area contributed by atoms with Gasteiger partial charge in [-0.2, -0.15) is 0 Å². The first-order valence-corrected chi connectivity index (χ1v) is 7.83. The molecule has 0 heterocycles. The quantitative estimate of drug-likeness (QED) is 0.632. The first kappa shape index (κ1) is 14.6. The van der Waals surface area contributed by atoms with Crippen LogP contribution < -0.4 is 0 Å². The van der Waals surface area contributed by atoms with Gasteiger partial charge in [0.05, 0.1) is 0 Å². The van der Waals surface area contributed by atoms with Gasteiger partial charge in [-0.1, -0.05) is 78.4 Å². The monoisotopic (exact) mass is 286 g/mol. The predicted molar refractivity (Wildman–Crippen MR) is 95.9 cm³/mol. The summed E-state index contributed by atoms with van der Waals surface area (Å²) in [4.78, 5) is 0. The first-order chi connectivity index (χ1) is 10.6. The molecule has 0 atom stereocenters. The molecule has 2 aromatic rings. The lowest BCUT2D eigenvalue weighted by molar-refractivity contribution is 1.08. The molecule has 0 aliphatic heterocycles. The second-order valence-electron chi connectivity index (χ2n) is 6.12. The second kappa shape index (κ2) is 6.19. The number of hydrogen-bond donors (Lipinski definition) is 0. The van der Waals surface area contributed by atoms with Crippen LogP contribution >= 0.6 is 0 Å². The van der Waals surface area contributed by atoms with Crippen molar-refractivity contribution in [2.45, 2.75) is 26.7 Å². The summed E-state index contributed by atoms with van der Waals surface area (Å²) in [6.45, 7) is 8.65. The Labute approximate surface area is 133 Å². The minimum atomic E-state index is 0.932. The number of hydrogen-bond acceptors (Lipinski definition) is 0. The second-order valence-corrected chi connectivity index (χ2v) is 6.12. The predicted octanol–water partition coefficient (Wildman–Crippen LogP) is 5.68. The van der Waals surface area contributed by atoms with Crippen molar-refractivity contribution in [1.82, 2.24) is 0 Å². The molecule has 0 fully saturated rings. The van der Waals surface area contributed by atoms with Crippen molar-refractivity contribution in [2.75, 3.05) is 0 Å². The molecule has 0 saturated heterocycles. The SMILES string of the molecule is C=C1/C=C\C(c2ccccc2C)=C(\C)Cc2ccccc2C1. The molecule has 3 rings (SSSR count). The van der Waals surface area contributed by atoms with E-state index in [-0.39, 0.29) is 0 Å². The summed E-state index contributed by atoms with van der Waals surface area (Å²) in [5.41, 5.74) is 9.35. The van der Waals surface area contributed by atoms with Crippen molar-refractivity contribution in [3.05, 3.63) is 101 Å². The lowest BCUT2D eigenvalue weighted by Gasteiger charge is -2.13. The zero-order valence-corrected chi connectivity index (χ0v) is 13.4. The maximum absolute atomic E-state index is 4.22. The third-order valence-corrected chi connectivity index (χ3v) is 4.37. The summed E-state index contributed by atoms with van der Waals surface area (Å²) >= 11 is 0. The number of fused-ring (bicyclic) bond motifs is 1. The molecule has 0 nitrogen and oxygen atoms in total. The smallest absolute Gasteiger partial charge is 0.00288 e. The molecule has 1 aliphatic rings. The van der Waals surface area contributed by atoms with Gasteiger partial charge in [-0.05, 0) is 54.5 Å². The Hall–Kier alpha value is -2.34. The van der Waals surface area contributed by atoms with Crippen molar-refractivity contribution >= 4 is 5.57 Å². The molecule has 0 aromatic heterocycles. The minimum absolute atomic E-state index is 0.932. The van der Waals surface area contributed by atoms with Crippen LogP contribution in [0.1, 0.15) is 29.2 Å². The summed E-state index contributed by atoms with van der Waals surface area (Å²) < 4.78 is 0. The molecule has 110 valence electrons. The van der Waals surface area contributed by atoms with Crippen LogP contribution in [-0.4, -0.2) is 0 Å². The molecule has 0 saturated carbocycles. The fourth-order valence-electron chi connectivity index (χ4n) is 3.13. The van der Waals surface area contributed by atoms with Gasteiger partial charge in [0, 0.05) is 0 Å². The molecule has 0 heteroatoms. The third kappa shape index (κ3) is 2.96. The van der Waals surface area contributed by atoms with Gasteiger partial charge in [0.15, 0.2) is 0 Å². The van der Waals surface area contributed by atoms with E-state index in [2.05, 4.69) is 81.1 Å². The van der Waals surface area contributed by atoms with Crippen LogP contribution in [0, 0.1) is 6.92 Å². The van der Waals surface area contributed by atoms with Gasteiger partial charge in [-0.15, -0.1) is 0 Å². The van der Waals surface area contributed by atoms with E-state index in [4.69, 9.17) is 0 Å². The van der Waals surface area contributed by atoms with Crippen molar-refractivity contribution in [1.29, 1.82) is 0 Å². The largest absolute Gasteiger partial charge is 0.0955 e. The first-order valence-electron chi connectivity index (χ1n) is 7.83. The standard InChI is InChI=1S/C22H22/c1-16-12-13-22(21-11-7-4-8-17(21)2)18(3)15-20-10-6-5-9-19(20)14-16/h4-13H,1,14-15H2,2-3H3/b13-12-,22-18+. The van der Waals surface area contributed by atoms with E-state index in [1.54, 1.807) is 0 Å². The van der Waals surface area contributed by atoms with Gasteiger partial charge in [0.1, 0.15) is 0 Å². The topological polar surface area (TPSA) is 0 Å². The number of allylic oxidation sites excluding steroid dienone is 5. The molecule has 0 unspecified atom stereocenters. The van der Waals surface area contributed by atoms with E-state index >= 15 is 0 Å². The highest BCUT2D eigenvalue weighted by Crippen LogP contribution is 2.29. The van der Waals surface area contributed by atoms with Crippen molar-refractivity contribution in [3.8, 4) is 0 Å². The lowest BCUT2D eigenvalue weighted by atomic mass is 9.92. The highest BCUT2D eigenvalue weighted by atomic mass is 14.2. The van der Waals surface area contributed by atoms with Gasteiger partial charge in [-0.3, -0.25) is 0 Å². The van der Waals surface area contributed by atoms with Crippen LogP contribution in [0.25, 0.3) is 5.57 Å². The summed E-state index contributed by atoms with van der Waals surface area (Å²) in [5, 5.41) is 0. The Kier molecular flexibility index (Phi) is 4.11. The van der Waals surface area contributed by atoms with Crippen molar-refractivity contribution < 1.29 is 0 Å². The average molecular weight is 286 g/mol. The minimum Gasteiger partial charge on any atom is -0.0955 e. The fourth-order valence-corrected chi connectivity index (χ4v) is 3.13. The van der Waals surface area contributed by atoms with E-state index in [0.29, 0.717) is 0 Å². The molecule has 0 spiro atoms. The van der Waals surface area contributed by atoms with Crippen LogP contribution in [0.15, 0.2) is 78.4 Å². The number of aryl methyl sites for hydroxylation is 1. The van der Waals surface area contributed by atoms with Gasteiger partial charge in [0.25, 0.3) is 0 Å². The zero-order valence-electron chi connectivity index (χ0n) is 13.4. The van der Waals surface area contributed by atoms with Gasteiger partial charge < -0.3 is 0 Å². The molecule has 22 heavy (non-hydrogen) atoms. The summed E-state index contributed by atoms with van der Waals surface area (Å²) in [6.07, 6.45) is 6.34. The van der Waals surface area contributed by atoms with E-state index in [0.717, 1.165) is 18.4 Å². The van der Waals surface area contributed by atoms with Gasteiger partial charge in [-0.25, -0.2) is 0 Å². The van der Waals surface area contributed by atoms with E-state index in [1.807, 2.05) is 0 Å². The Balaban J connectivity index is 2.15. The van der Waals surface area contributed by atoms with Crippen LogP contribution in [0.4, 0.5) is 0 Å². The van der Waals surface area contributed by atoms with E-state index in [9.17, 15) is 0 Å². The summed E-state index contributed by atoms with van der Waals surface area (Å²) in [6, 6.07) is 17.3. The van der Waals surface area contributed by atoms with Crippen LogP contribution in [0.3, 0.4) is 0 Å². The molecule has 2 aromatic carbocycles. The van der Waals surface area contributed by atoms with Crippen LogP contribution in [0.5, 0.6) is 0 Å². The summed E-state index contributed by atoms with van der Waals surface area (Å²) in [5.74, 6) is 0. The number of rotatable bonds is 1. The van der Waals surface area contributed by atoms with Gasteiger partial charge in [0.2, 0.25) is 0 Å². The Morgan fingerprint density at radius 1 is 0.773 bits per heavy atom. The summed E-state index contributed by atoms with van der Waals surface area (Å²) in [7, 11) is 0. The third-order valence-electron chi connectivity index (χ3n) is 4.37. The van der Waals surface area contributed by atoms with Crippen LogP contribution in [-0.2, 0) is 12.8 Å². The molecule has 0 amide bonds. The zero-order chi connectivity index (χ0) is 15.5. The molecule has 1 aliphatic carbocycles. The van der Waals surface area contributed by atoms with Gasteiger partial charge >= 0.3 is 0 Å². The van der Waals surface area contributed by atoms with Crippen molar-refractivity contribution in [2.24, 2.45) is 0 Å². The molecule has 0 bridgehead atoms. The lowest BCUT2D eigenvalue weighted by Crippen LogP contribution is -1.97. The normalized spacial score (nSPS) is 19.8. The molecular weight excluding hydrogens is 264 g/mol. The molecule has 0 radical (unpaired) electrons. The Bertz CT molecular complexity index is 772.